The molecule has 0 saturated heterocycles. The van der Waals surface area contributed by atoms with Crippen molar-refractivity contribution in [3.63, 3.8) is 0 Å². The predicted molar refractivity (Wildman–Crippen MR) is 64.3 cm³/mol. The molecule has 100 valence electrons. The Hall–Kier alpha value is -1.56. The summed E-state index contributed by atoms with van der Waals surface area (Å²) in [6.45, 7) is 5.06. The van der Waals surface area contributed by atoms with Crippen LogP contribution >= 0.6 is 0 Å². The molecule has 1 amide bonds. The van der Waals surface area contributed by atoms with Gasteiger partial charge in [0, 0.05) is 25.3 Å². The van der Waals surface area contributed by atoms with E-state index < -0.39 is 17.7 Å². The largest absolute Gasteiger partial charge is 0.351 e. The summed E-state index contributed by atoms with van der Waals surface area (Å²) < 4.78 is 26.1. The van der Waals surface area contributed by atoms with Gasteiger partial charge in [-0.15, -0.1) is 0 Å². The molecule has 0 radical (unpaired) electrons. The summed E-state index contributed by atoms with van der Waals surface area (Å²) in [7, 11) is 1.92. The first-order valence-electron chi connectivity index (χ1n) is 5.72. The number of rotatable bonds is 5. The number of nitrogens with one attached hydrogen (secondary N) is 1. The van der Waals surface area contributed by atoms with E-state index in [0.29, 0.717) is 19.1 Å². The third-order valence-corrected chi connectivity index (χ3v) is 2.72. The van der Waals surface area contributed by atoms with Crippen molar-refractivity contribution in [2.75, 3.05) is 20.1 Å². The molecule has 4 nitrogen and oxygen atoms in total. The lowest BCUT2D eigenvalue weighted by molar-refractivity contribution is 0.0942. The number of hydrogen-bond donors (Lipinski definition) is 1. The fraction of sp³-hybridized carbons (Fsp3) is 0.500. The molecule has 0 bridgehead atoms. The molecule has 0 atom stereocenters. The summed E-state index contributed by atoms with van der Waals surface area (Å²) in [5.41, 5.74) is -0.324. The number of carbonyl (C=O) groups is 1. The van der Waals surface area contributed by atoms with Crippen LogP contribution in [0, 0.1) is 11.8 Å². The van der Waals surface area contributed by atoms with Crippen molar-refractivity contribution in [3.8, 4) is 0 Å². The van der Waals surface area contributed by atoms with Gasteiger partial charge in [0.15, 0.2) is 5.82 Å². The molecule has 0 spiro atoms. The van der Waals surface area contributed by atoms with E-state index in [1.165, 1.54) is 0 Å². The molecule has 0 aliphatic carbocycles. The normalized spacial score (nSPS) is 11.1. The van der Waals surface area contributed by atoms with Crippen LogP contribution in [0.1, 0.15) is 24.2 Å². The van der Waals surface area contributed by atoms with E-state index in [1.807, 2.05) is 25.8 Å². The molecule has 1 N–H and O–H groups in total. The third kappa shape index (κ3) is 3.73. The van der Waals surface area contributed by atoms with Crippen molar-refractivity contribution in [3.05, 3.63) is 29.6 Å². The monoisotopic (exact) mass is 257 g/mol. The minimum atomic E-state index is -1.26. The second-order valence-electron chi connectivity index (χ2n) is 4.29. The maximum Gasteiger partial charge on any atom is 0.254 e. The van der Waals surface area contributed by atoms with E-state index in [0.717, 1.165) is 12.3 Å². The Morgan fingerprint density at radius 2 is 2.17 bits per heavy atom. The average molecular weight is 257 g/mol. The Labute approximate surface area is 105 Å². The van der Waals surface area contributed by atoms with Gasteiger partial charge in [0.05, 0.1) is 5.56 Å². The first kappa shape index (κ1) is 14.5. The molecule has 1 aromatic rings. The molecule has 1 rings (SSSR count). The van der Waals surface area contributed by atoms with E-state index >= 15 is 0 Å². The van der Waals surface area contributed by atoms with Gasteiger partial charge in [-0.05, 0) is 27.0 Å². The van der Waals surface area contributed by atoms with E-state index in [1.54, 1.807) is 0 Å². The highest BCUT2D eigenvalue weighted by atomic mass is 19.2. The number of amides is 1. The number of nitrogens with zero attached hydrogens (tertiary/aromatic N) is 2. The van der Waals surface area contributed by atoms with Gasteiger partial charge in [0.25, 0.3) is 5.91 Å². The highest BCUT2D eigenvalue weighted by Gasteiger charge is 2.15. The fourth-order valence-electron chi connectivity index (χ4n) is 1.29. The van der Waals surface area contributed by atoms with Crippen molar-refractivity contribution >= 4 is 5.91 Å². The summed E-state index contributed by atoms with van der Waals surface area (Å²) in [5, 5.41) is 2.54. The Morgan fingerprint density at radius 1 is 1.50 bits per heavy atom. The summed E-state index contributed by atoms with van der Waals surface area (Å²) in [6, 6.07) is 1.51. The van der Waals surface area contributed by atoms with Gasteiger partial charge in [-0.25, -0.2) is 9.37 Å². The predicted octanol–water partition coefficient (Wildman–Crippen LogP) is 1.43. The Balaban J connectivity index is 2.54. The summed E-state index contributed by atoms with van der Waals surface area (Å²) in [5.74, 6) is -3.11. The number of carbonyl (C=O) groups excluding carboxylic acids is 1. The van der Waals surface area contributed by atoms with E-state index in [-0.39, 0.29) is 5.56 Å². The smallest absolute Gasteiger partial charge is 0.254 e. The van der Waals surface area contributed by atoms with Crippen LogP contribution in [0.4, 0.5) is 8.78 Å². The first-order chi connectivity index (χ1) is 8.43. The topological polar surface area (TPSA) is 45.2 Å². The minimum Gasteiger partial charge on any atom is -0.351 e. The Morgan fingerprint density at radius 3 is 2.78 bits per heavy atom. The lowest BCUT2D eigenvalue weighted by Crippen LogP contribution is -2.36. The van der Waals surface area contributed by atoms with Crippen molar-refractivity contribution in [2.45, 2.75) is 19.9 Å². The lowest BCUT2D eigenvalue weighted by atomic mass is 10.2. The zero-order chi connectivity index (χ0) is 13.7. The van der Waals surface area contributed by atoms with Crippen molar-refractivity contribution in [1.29, 1.82) is 0 Å². The van der Waals surface area contributed by atoms with Crippen LogP contribution in [0.2, 0.25) is 0 Å². The highest BCUT2D eigenvalue weighted by Crippen LogP contribution is 2.08. The second kappa shape index (κ2) is 6.39. The molecule has 6 heteroatoms. The van der Waals surface area contributed by atoms with Gasteiger partial charge in [0.1, 0.15) is 0 Å². The van der Waals surface area contributed by atoms with E-state index in [2.05, 4.69) is 10.3 Å². The molecular weight excluding hydrogens is 240 g/mol. The van der Waals surface area contributed by atoms with E-state index in [4.69, 9.17) is 0 Å². The van der Waals surface area contributed by atoms with Gasteiger partial charge >= 0.3 is 0 Å². The van der Waals surface area contributed by atoms with Crippen LogP contribution in [-0.2, 0) is 0 Å². The zero-order valence-electron chi connectivity index (χ0n) is 10.7. The molecule has 18 heavy (non-hydrogen) atoms. The molecule has 0 aromatic carbocycles. The van der Waals surface area contributed by atoms with Gasteiger partial charge in [-0.3, -0.25) is 4.79 Å². The summed E-state index contributed by atoms with van der Waals surface area (Å²) in [4.78, 5) is 16.8. The van der Waals surface area contributed by atoms with Crippen molar-refractivity contribution < 1.29 is 13.6 Å². The Bertz CT molecular complexity index is 424. The molecule has 1 aromatic heterocycles. The molecular formula is C12H17F2N3O. The quantitative estimate of drug-likeness (QED) is 0.812. The maximum atomic E-state index is 13.3. The van der Waals surface area contributed by atoms with Gasteiger partial charge in [0.2, 0.25) is 5.95 Å². The number of pyridine rings is 1. The summed E-state index contributed by atoms with van der Waals surface area (Å²) in [6.07, 6.45) is 1.06. The van der Waals surface area contributed by atoms with Crippen LogP contribution in [-0.4, -0.2) is 42.0 Å². The number of halogens is 2. The van der Waals surface area contributed by atoms with Crippen LogP contribution in [0.15, 0.2) is 12.3 Å². The number of likely N-dealkylation sites (N-methyl/N-ethyl adjacent to an activating group) is 1. The van der Waals surface area contributed by atoms with Crippen LogP contribution in [0.3, 0.4) is 0 Å². The molecule has 0 fully saturated rings. The number of aromatic nitrogens is 1. The molecule has 0 unspecified atom stereocenters. The second-order valence-corrected chi connectivity index (χ2v) is 4.29. The van der Waals surface area contributed by atoms with Crippen LogP contribution in [0.25, 0.3) is 0 Å². The highest BCUT2D eigenvalue weighted by molar-refractivity contribution is 5.94. The van der Waals surface area contributed by atoms with Crippen molar-refractivity contribution in [1.82, 2.24) is 15.2 Å². The summed E-state index contributed by atoms with van der Waals surface area (Å²) >= 11 is 0. The van der Waals surface area contributed by atoms with Gasteiger partial charge in [-0.2, -0.15) is 4.39 Å². The number of hydrogen-bond acceptors (Lipinski definition) is 3. The molecule has 0 aliphatic rings. The lowest BCUT2D eigenvalue weighted by Gasteiger charge is -2.20. The van der Waals surface area contributed by atoms with Crippen LogP contribution < -0.4 is 5.32 Å². The minimum absolute atomic E-state index is 0.324. The molecule has 0 aliphatic heterocycles. The van der Waals surface area contributed by atoms with Crippen molar-refractivity contribution in [2.24, 2.45) is 0 Å². The average Bonchev–Trinajstić information content (AvgIpc) is 2.32. The van der Waals surface area contributed by atoms with Crippen LogP contribution in [0.5, 0.6) is 0 Å². The maximum absolute atomic E-state index is 13.3. The standard InChI is InChI=1S/C12H17F2N3O/c1-8(2)17(3)7-6-16-12(18)9-4-5-15-11(14)10(9)13/h4-5,8H,6-7H2,1-3H3,(H,16,18). The SMILES string of the molecule is CC(C)N(C)CCNC(=O)c1ccnc(F)c1F. The first-order valence-corrected chi connectivity index (χ1v) is 5.72. The van der Waals surface area contributed by atoms with Gasteiger partial charge in [-0.1, -0.05) is 0 Å². The molecule has 1 heterocycles. The van der Waals surface area contributed by atoms with Gasteiger partial charge < -0.3 is 10.2 Å². The Kier molecular flexibility index (Phi) is 5.15. The van der Waals surface area contributed by atoms with E-state index in [9.17, 15) is 13.6 Å². The zero-order valence-corrected chi connectivity index (χ0v) is 10.7. The third-order valence-electron chi connectivity index (χ3n) is 2.72. The molecule has 0 saturated carbocycles. The fourth-order valence-corrected chi connectivity index (χ4v) is 1.29.